The van der Waals surface area contributed by atoms with Gasteiger partial charge in [0.15, 0.2) is 0 Å². The maximum absolute atomic E-state index is 13.2. The molecule has 3 N–H and O–H groups in total. The SMILES string of the molecule is N#Cc1cc(NC(=O)c2ccc(Cl)c(N)c2)ccc1F. The van der Waals surface area contributed by atoms with Gasteiger partial charge in [-0.1, -0.05) is 11.6 Å². The smallest absolute Gasteiger partial charge is 0.255 e. The van der Waals surface area contributed by atoms with Crippen molar-refractivity contribution in [3.63, 3.8) is 0 Å². The lowest BCUT2D eigenvalue weighted by Crippen LogP contribution is -2.12. The first-order valence-electron chi connectivity index (χ1n) is 5.57. The molecule has 0 radical (unpaired) electrons. The summed E-state index contributed by atoms with van der Waals surface area (Å²) >= 11 is 5.77. The van der Waals surface area contributed by atoms with E-state index in [0.29, 0.717) is 16.3 Å². The van der Waals surface area contributed by atoms with Crippen LogP contribution in [0.2, 0.25) is 5.02 Å². The summed E-state index contributed by atoms with van der Waals surface area (Å²) in [4.78, 5) is 12.0. The number of nitrogen functional groups attached to an aromatic ring is 1. The fraction of sp³-hybridized carbons (Fsp3) is 0. The van der Waals surface area contributed by atoms with Gasteiger partial charge < -0.3 is 11.1 Å². The largest absolute Gasteiger partial charge is 0.398 e. The van der Waals surface area contributed by atoms with Crippen molar-refractivity contribution in [2.24, 2.45) is 0 Å². The van der Waals surface area contributed by atoms with Crippen molar-refractivity contribution in [3.05, 3.63) is 58.4 Å². The maximum atomic E-state index is 13.2. The van der Waals surface area contributed by atoms with Crippen LogP contribution in [0.1, 0.15) is 15.9 Å². The summed E-state index contributed by atoms with van der Waals surface area (Å²) in [6, 6.07) is 9.91. The average Bonchev–Trinajstić information content (AvgIpc) is 2.43. The lowest BCUT2D eigenvalue weighted by Gasteiger charge is -2.07. The summed E-state index contributed by atoms with van der Waals surface area (Å²) in [6.07, 6.45) is 0. The van der Waals surface area contributed by atoms with Crippen LogP contribution in [0.3, 0.4) is 0 Å². The molecule has 2 aromatic carbocycles. The standard InChI is InChI=1S/C14H9ClFN3O/c15-11-3-1-8(6-13(11)18)14(20)19-10-2-4-12(16)9(5-10)7-17/h1-6H,18H2,(H,19,20). The molecule has 2 aromatic rings. The molecule has 0 spiro atoms. The van der Waals surface area contributed by atoms with Gasteiger partial charge in [-0.2, -0.15) is 5.26 Å². The molecule has 0 aliphatic heterocycles. The molecule has 1 amide bonds. The van der Waals surface area contributed by atoms with Gasteiger partial charge in [-0.05, 0) is 36.4 Å². The Balaban J connectivity index is 2.23. The fourth-order valence-corrected chi connectivity index (χ4v) is 1.69. The minimum absolute atomic E-state index is 0.140. The van der Waals surface area contributed by atoms with E-state index in [-0.39, 0.29) is 11.3 Å². The zero-order chi connectivity index (χ0) is 14.7. The van der Waals surface area contributed by atoms with Crippen molar-refractivity contribution < 1.29 is 9.18 Å². The summed E-state index contributed by atoms with van der Waals surface area (Å²) in [5.74, 6) is -1.06. The molecule has 0 heterocycles. The average molecular weight is 290 g/mol. The Bertz CT molecular complexity index is 725. The van der Waals surface area contributed by atoms with Crippen molar-refractivity contribution in [2.75, 3.05) is 11.1 Å². The van der Waals surface area contributed by atoms with Gasteiger partial charge in [0.2, 0.25) is 0 Å². The van der Waals surface area contributed by atoms with E-state index in [1.807, 2.05) is 0 Å². The van der Waals surface area contributed by atoms with Crippen LogP contribution in [0.15, 0.2) is 36.4 Å². The lowest BCUT2D eigenvalue weighted by atomic mass is 10.1. The third-order valence-corrected chi connectivity index (χ3v) is 2.95. The van der Waals surface area contributed by atoms with E-state index in [0.717, 1.165) is 6.07 Å². The number of carbonyl (C=O) groups excluding carboxylic acids is 1. The van der Waals surface area contributed by atoms with Crippen LogP contribution in [-0.2, 0) is 0 Å². The second-order valence-electron chi connectivity index (χ2n) is 4.00. The molecule has 20 heavy (non-hydrogen) atoms. The van der Waals surface area contributed by atoms with Gasteiger partial charge in [-0.25, -0.2) is 4.39 Å². The van der Waals surface area contributed by atoms with Gasteiger partial charge in [-0.15, -0.1) is 0 Å². The molecular weight excluding hydrogens is 281 g/mol. The van der Waals surface area contributed by atoms with Gasteiger partial charge in [0.1, 0.15) is 11.9 Å². The van der Waals surface area contributed by atoms with E-state index in [2.05, 4.69) is 5.32 Å². The second kappa shape index (κ2) is 5.59. The molecule has 0 aliphatic carbocycles. The predicted molar refractivity (Wildman–Crippen MR) is 74.9 cm³/mol. The van der Waals surface area contributed by atoms with Crippen LogP contribution in [0.25, 0.3) is 0 Å². The van der Waals surface area contributed by atoms with Crippen LogP contribution >= 0.6 is 11.6 Å². The summed E-state index contributed by atoms with van der Waals surface area (Å²) in [5.41, 5.74) is 6.40. The monoisotopic (exact) mass is 289 g/mol. The number of benzene rings is 2. The number of rotatable bonds is 2. The van der Waals surface area contributed by atoms with Gasteiger partial charge in [0.25, 0.3) is 5.91 Å². The van der Waals surface area contributed by atoms with E-state index in [4.69, 9.17) is 22.6 Å². The fourth-order valence-electron chi connectivity index (χ4n) is 1.58. The molecule has 0 unspecified atom stereocenters. The normalized spacial score (nSPS) is 9.85. The molecule has 2 rings (SSSR count). The summed E-state index contributed by atoms with van der Waals surface area (Å²) in [6.45, 7) is 0. The Morgan fingerprint density at radius 2 is 2.05 bits per heavy atom. The van der Waals surface area contributed by atoms with Gasteiger partial charge in [0, 0.05) is 11.3 Å². The summed E-state index contributed by atoms with van der Waals surface area (Å²) < 4.78 is 13.2. The highest BCUT2D eigenvalue weighted by Crippen LogP contribution is 2.21. The highest BCUT2D eigenvalue weighted by atomic mass is 35.5. The highest BCUT2D eigenvalue weighted by molar-refractivity contribution is 6.33. The number of anilines is 2. The van der Waals surface area contributed by atoms with Gasteiger partial charge in [-0.3, -0.25) is 4.79 Å². The lowest BCUT2D eigenvalue weighted by molar-refractivity contribution is 0.102. The van der Waals surface area contributed by atoms with E-state index in [9.17, 15) is 9.18 Å². The maximum Gasteiger partial charge on any atom is 0.255 e. The van der Waals surface area contributed by atoms with Crippen LogP contribution < -0.4 is 11.1 Å². The molecule has 6 heteroatoms. The number of hydrogen-bond donors (Lipinski definition) is 2. The number of carbonyl (C=O) groups is 1. The first-order valence-corrected chi connectivity index (χ1v) is 5.95. The highest BCUT2D eigenvalue weighted by Gasteiger charge is 2.09. The van der Waals surface area contributed by atoms with Crippen LogP contribution in [0.4, 0.5) is 15.8 Å². The van der Waals surface area contributed by atoms with Crippen molar-refractivity contribution in [3.8, 4) is 6.07 Å². The number of nitrogens with zero attached hydrogens (tertiary/aromatic N) is 1. The molecule has 0 saturated carbocycles. The molecule has 4 nitrogen and oxygen atoms in total. The van der Waals surface area contributed by atoms with Crippen molar-refractivity contribution >= 4 is 28.9 Å². The predicted octanol–water partition coefficient (Wildman–Crippen LogP) is 3.19. The Morgan fingerprint density at radius 1 is 1.30 bits per heavy atom. The Labute approximate surface area is 119 Å². The third-order valence-electron chi connectivity index (χ3n) is 2.60. The van der Waals surface area contributed by atoms with E-state index >= 15 is 0 Å². The Kier molecular flexibility index (Phi) is 3.87. The van der Waals surface area contributed by atoms with Crippen LogP contribution in [0.5, 0.6) is 0 Å². The van der Waals surface area contributed by atoms with Crippen molar-refractivity contribution in [2.45, 2.75) is 0 Å². The number of nitriles is 1. The van der Waals surface area contributed by atoms with E-state index < -0.39 is 11.7 Å². The van der Waals surface area contributed by atoms with E-state index in [1.165, 1.54) is 30.3 Å². The topological polar surface area (TPSA) is 78.9 Å². The molecule has 0 atom stereocenters. The van der Waals surface area contributed by atoms with Gasteiger partial charge in [0.05, 0.1) is 16.3 Å². The number of halogens is 2. The zero-order valence-corrected chi connectivity index (χ0v) is 10.9. The Hall–Kier alpha value is -2.58. The zero-order valence-electron chi connectivity index (χ0n) is 10.2. The number of nitrogens with two attached hydrogens (primary N) is 1. The third kappa shape index (κ3) is 2.87. The van der Waals surface area contributed by atoms with E-state index in [1.54, 1.807) is 6.07 Å². The summed E-state index contributed by atoms with van der Waals surface area (Å²) in [5, 5.41) is 11.6. The minimum atomic E-state index is -0.638. The first-order chi connectivity index (χ1) is 9.51. The van der Waals surface area contributed by atoms with Crippen molar-refractivity contribution in [1.82, 2.24) is 0 Å². The number of nitrogens with one attached hydrogen (secondary N) is 1. The first kappa shape index (κ1) is 13.8. The molecule has 100 valence electrons. The molecule has 0 aliphatic rings. The van der Waals surface area contributed by atoms with Crippen molar-refractivity contribution in [1.29, 1.82) is 5.26 Å². The second-order valence-corrected chi connectivity index (χ2v) is 4.40. The van der Waals surface area contributed by atoms with Crippen LogP contribution in [-0.4, -0.2) is 5.91 Å². The quantitative estimate of drug-likeness (QED) is 0.833. The summed E-state index contributed by atoms with van der Waals surface area (Å²) in [7, 11) is 0. The number of hydrogen-bond acceptors (Lipinski definition) is 3. The van der Waals surface area contributed by atoms with Crippen LogP contribution in [0, 0.1) is 17.1 Å². The van der Waals surface area contributed by atoms with Gasteiger partial charge >= 0.3 is 0 Å². The number of amides is 1. The molecule has 0 saturated heterocycles. The molecule has 0 bridgehead atoms. The molecule has 0 aromatic heterocycles. The minimum Gasteiger partial charge on any atom is -0.398 e. The Morgan fingerprint density at radius 3 is 2.70 bits per heavy atom. The molecular formula is C14H9ClFN3O. The molecule has 0 fully saturated rings.